The molecule has 2 aliphatic rings. The summed E-state index contributed by atoms with van der Waals surface area (Å²) in [5.41, 5.74) is 0.811. The standard InChI is InChI=1S/C20H16F3N3O3/c1-10-2-3-11(24-7-10)8-26-9-12-16(25-26)14-13(6-19(12)4-5-19)29-17(18(27)28)15(14)20(21,22)23/h2-3,7,9H,4-6,8H2,1H3,(H,27,28). The zero-order valence-electron chi connectivity index (χ0n) is 15.4. The van der Waals surface area contributed by atoms with Gasteiger partial charge in [-0.05, 0) is 31.4 Å². The topological polar surface area (TPSA) is 81.2 Å². The normalized spacial score (nSPS) is 16.6. The summed E-state index contributed by atoms with van der Waals surface area (Å²) in [6.07, 6.45) is 0.478. The zero-order chi connectivity index (χ0) is 20.6. The molecular formula is C20H16F3N3O3. The van der Waals surface area contributed by atoms with Crippen molar-refractivity contribution in [2.24, 2.45) is 0 Å². The number of halogens is 3. The lowest BCUT2D eigenvalue weighted by molar-refractivity contribution is -0.138. The van der Waals surface area contributed by atoms with Crippen LogP contribution in [-0.4, -0.2) is 25.8 Å². The number of aromatic carboxylic acids is 1. The Morgan fingerprint density at radius 1 is 1.34 bits per heavy atom. The number of rotatable bonds is 3. The number of pyridine rings is 1. The number of aromatic nitrogens is 3. The van der Waals surface area contributed by atoms with Crippen LogP contribution in [0.15, 0.2) is 28.9 Å². The first-order valence-corrected chi connectivity index (χ1v) is 9.14. The van der Waals surface area contributed by atoms with E-state index in [1.807, 2.05) is 19.1 Å². The molecule has 6 nitrogen and oxygen atoms in total. The molecule has 0 atom stereocenters. The van der Waals surface area contributed by atoms with E-state index in [9.17, 15) is 23.1 Å². The van der Waals surface area contributed by atoms with Crippen molar-refractivity contribution < 1.29 is 27.5 Å². The molecule has 3 aromatic rings. The maximum atomic E-state index is 13.8. The number of carboxylic acid groups (broad SMARTS) is 1. The number of alkyl halides is 3. The third-order valence-corrected chi connectivity index (χ3v) is 5.68. The molecule has 2 aliphatic carbocycles. The van der Waals surface area contributed by atoms with Crippen molar-refractivity contribution in [1.82, 2.24) is 14.8 Å². The smallest absolute Gasteiger partial charge is 0.421 e. The number of aryl methyl sites for hydroxylation is 1. The van der Waals surface area contributed by atoms with Crippen LogP contribution in [0, 0.1) is 6.92 Å². The van der Waals surface area contributed by atoms with Crippen molar-refractivity contribution in [3.8, 4) is 11.3 Å². The van der Waals surface area contributed by atoms with Gasteiger partial charge in [0.1, 0.15) is 17.0 Å². The van der Waals surface area contributed by atoms with E-state index in [4.69, 9.17) is 4.42 Å². The van der Waals surface area contributed by atoms with E-state index in [0.717, 1.165) is 29.7 Å². The minimum atomic E-state index is -4.86. The largest absolute Gasteiger partial charge is 0.475 e. The number of hydrogen-bond acceptors (Lipinski definition) is 4. The van der Waals surface area contributed by atoms with E-state index in [1.54, 1.807) is 17.1 Å². The molecule has 29 heavy (non-hydrogen) atoms. The summed E-state index contributed by atoms with van der Waals surface area (Å²) >= 11 is 0. The second-order valence-electron chi connectivity index (χ2n) is 7.78. The van der Waals surface area contributed by atoms with Crippen molar-refractivity contribution in [3.05, 3.63) is 58.4 Å². The van der Waals surface area contributed by atoms with Crippen LogP contribution in [-0.2, 0) is 24.6 Å². The lowest BCUT2D eigenvalue weighted by Gasteiger charge is -2.20. The predicted molar refractivity (Wildman–Crippen MR) is 94.6 cm³/mol. The second kappa shape index (κ2) is 5.71. The highest BCUT2D eigenvalue weighted by Gasteiger charge is 2.55. The second-order valence-corrected chi connectivity index (χ2v) is 7.78. The first-order valence-electron chi connectivity index (χ1n) is 9.14. The SMILES string of the molecule is Cc1ccc(Cn2cc3c(n2)-c2c(oc(C(=O)O)c2C(F)(F)F)CC32CC2)nc1. The summed E-state index contributed by atoms with van der Waals surface area (Å²) in [5.74, 6) is -2.75. The van der Waals surface area contributed by atoms with Gasteiger partial charge >= 0.3 is 12.1 Å². The maximum absolute atomic E-state index is 13.8. The molecule has 0 saturated heterocycles. The zero-order valence-corrected chi connectivity index (χ0v) is 15.4. The summed E-state index contributed by atoms with van der Waals surface area (Å²) in [5, 5.41) is 13.7. The van der Waals surface area contributed by atoms with Crippen LogP contribution >= 0.6 is 0 Å². The van der Waals surface area contributed by atoms with Crippen molar-refractivity contribution in [3.63, 3.8) is 0 Å². The van der Waals surface area contributed by atoms with Crippen LogP contribution in [0.25, 0.3) is 11.3 Å². The Kier molecular flexibility index (Phi) is 3.54. The molecule has 0 unspecified atom stereocenters. The number of carboxylic acids is 1. The molecule has 5 rings (SSSR count). The molecule has 0 aromatic carbocycles. The van der Waals surface area contributed by atoms with Gasteiger partial charge in [0.05, 0.1) is 17.8 Å². The number of nitrogens with zero attached hydrogens (tertiary/aromatic N) is 3. The van der Waals surface area contributed by atoms with Crippen LogP contribution in [0.1, 0.15) is 51.5 Å². The Balaban J connectivity index is 1.66. The van der Waals surface area contributed by atoms with Gasteiger partial charge in [-0.3, -0.25) is 9.67 Å². The molecule has 9 heteroatoms. The number of carbonyl (C=O) groups is 1. The first-order chi connectivity index (χ1) is 13.7. The number of fused-ring (bicyclic) bond motifs is 4. The van der Waals surface area contributed by atoms with Crippen molar-refractivity contribution in [2.45, 2.75) is 44.3 Å². The van der Waals surface area contributed by atoms with Gasteiger partial charge in [0, 0.05) is 29.8 Å². The van der Waals surface area contributed by atoms with E-state index in [1.165, 1.54) is 0 Å². The molecule has 3 aromatic heterocycles. The lowest BCUT2D eigenvalue weighted by Crippen LogP contribution is -2.18. The van der Waals surface area contributed by atoms with Gasteiger partial charge in [-0.2, -0.15) is 18.3 Å². The van der Waals surface area contributed by atoms with Crippen LogP contribution < -0.4 is 0 Å². The van der Waals surface area contributed by atoms with Crippen molar-refractivity contribution in [2.75, 3.05) is 0 Å². The third-order valence-electron chi connectivity index (χ3n) is 5.68. The first kappa shape index (κ1) is 18.0. The van der Waals surface area contributed by atoms with Crippen LogP contribution in [0.3, 0.4) is 0 Å². The lowest BCUT2D eigenvalue weighted by atomic mass is 9.82. The van der Waals surface area contributed by atoms with Gasteiger partial charge < -0.3 is 9.52 Å². The predicted octanol–water partition coefficient (Wildman–Crippen LogP) is 4.20. The quantitative estimate of drug-likeness (QED) is 0.709. The van der Waals surface area contributed by atoms with Gasteiger partial charge in [-0.15, -0.1) is 0 Å². The van der Waals surface area contributed by atoms with Gasteiger partial charge in [0.15, 0.2) is 0 Å². The van der Waals surface area contributed by atoms with Crippen molar-refractivity contribution in [1.29, 1.82) is 0 Å². The molecule has 0 radical (unpaired) electrons. The fourth-order valence-electron chi connectivity index (χ4n) is 4.11. The van der Waals surface area contributed by atoms with Gasteiger partial charge in [0.2, 0.25) is 5.76 Å². The van der Waals surface area contributed by atoms with E-state index in [2.05, 4.69) is 10.1 Å². The van der Waals surface area contributed by atoms with Crippen LogP contribution in [0.4, 0.5) is 13.2 Å². The Hall–Kier alpha value is -3.10. The average Bonchev–Trinajstić information content (AvgIpc) is 3.09. The minimum absolute atomic E-state index is 0.0541. The molecular weight excluding hydrogens is 387 g/mol. The van der Waals surface area contributed by atoms with E-state index in [-0.39, 0.29) is 28.9 Å². The van der Waals surface area contributed by atoms with E-state index >= 15 is 0 Å². The number of furan rings is 1. The molecule has 1 spiro atoms. The molecule has 3 heterocycles. The Morgan fingerprint density at radius 3 is 2.69 bits per heavy atom. The van der Waals surface area contributed by atoms with Crippen LogP contribution in [0.2, 0.25) is 0 Å². The highest BCUT2D eigenvalue weighted by molar-refractivity contribution is 5.91. The highest BCUT2D eigenvalue weighted by atomic mass is 19.4. The molecule has 1 saturated carbocycles. The maximum Gasteiger partial charge on any atom is 0.421 e. The molecule has 0 amide bonds. The van der Waals surface area contributed by atoms with E-state index in [0.29, 0.717) is 6.54 Å². The average molecular weight is 403 g/mol. The molecule has 150 valence electrons. The monoisotopic (exact) mass is 403 g/mol. The Morgan fingerprint density at radius 2 is 2.10 bits per heavy atom. The minimum Gasteiger partial charge on any atom is -0.475 e. The van der Waals surface area contributed by atoms with Gasteiger partial charge in [-0.25, -0.2) is 4.79 Å². The Labute approximate surface area is 163 Å². The Bertz CT molecular complexity index is 1140. The summed E-state index contributed by atoms with van der Waals surface area (Å²) in [4.78, 5) is 15.7. The molecule has 0 aliphatic heterocycles. The summed E-state index contributed by atoms with van der Waals surface area (Å²) in [6, 6.07) is 3.75. The summed E-state index contributed by atoms with van der Waals surface area (Å²) < 4.78 is 48.1. The summed E-state index contributed by atoms with van der Waals surface area (Å²) in [6.45, 7) is 2.23. The number of hydrogen-bond donors (Lipinski definition) is 1. The van der Waals surface area contributed by atoms with Gasteiger partial charge in [0.25, 0.3) is 0 Å². The fraction of sp³-hybridized carbons (Fsp3) is 0.350. The van der Waals surface area contributed by atoms with Crippen LogP contribution in [0.5, 0.6) is 0 Å². The molecule has 1 fully saturated rings. The van der Waals surface area contributed by atoms with E-state index < -0.39 is 23.5 Å². The fourth-order valence-corrected chi connectivity index (χ4v) is 4.11. The summed E-state index contributed by atoms with van der Waals surface area (Å²) in [7, 11) is 0. The highest BCUT2D eigenvalue weighted by Crippen LogP contribution is 2.59. The third kappa shape index (κ3) is 2.75. The van der Waals surface area contributed by atoms with Crippen molar-refractivity contribution >= 4 is 5.97 Å². The molecule has 0 bridgehead atoms. The molecule has 1 N–H and O–H groups in total. The van der Waals surface area contributed by atoms with Gasteiger partial charge in [-0.1, -0.05) is 6.07 Å².